The highest BCUT2D eigenvalue weighted by Crippen LogP contribution is 2.30. The van der Waals surface area contributed by atoms with Gasteiger partial charge in [-0.2, -0.15) is 0 Å². The Hall–Kier alpha value is -2.33. The first kappa shape index (κ1) is 17.1. The van der Waals surface area contributed by atoms with Crippen molar-refractivity contribution in [2.24, 2.45) is 0 Å². The fourth-order valence-corrected chi connectivity index (χ4v) is 3.09. The van der Waals surface area contributed by atoms with Crippen molar-refractivity contribution in [1.29, 1.82) is 0 Å². The standard InChI is InChI=1S/C16H14F3N5OS/c17-8-4-5-9(12(19)11(8)18)21-14-13-15(23-16(26)22-14)24(7-20-13)10-3-1-2-6-25-10/h4-5,7,10H,1-3,6H2,(H2,21,22,23,26). The van der Waals surface area contributed by atoms with Gasteiger partial charge in [0, 0.05) is 6.61 Å². The molecule has 0 aliphatic carbocycles. The maximum Gasteiger partial charge on any atom is 0.196 e. The molecule has 0 bridgehead atoms. The Morgan fingerprint density at radius 3 is 2.77 bits per heavy atom. The number of nitrogens with zero attached hydrogens (tertiary/aromatic N) is 4. The van der Waals surface area contributed by atoms with Gasteiger partial charge in [0.05, 0.1) is 12.0 Å². The van der Waals surface area contributed by atoms with E-state index >= 15 is 0 Å². The average molecular weight is 381 g/mol. The quantitative estimate of drug-likeness (QED) is 0.408. The Balaban J connectivity index is 1.76. The van der Waals surface area contributed by atoms with Crippen molar-refractivity contribution in [2.75, 3.05) is 11.9 Å². The number of anilines is 2. The van der Waals surface area contributed by atoms with E-state index in [1.165, 1.54) is 0 Å². The molecule has 4 rings (SSSR count). The first-order valence-corrected chi connectivity index (χ1v) is 8.45. The molecule has 26 heavy (non-hydrogen) atoms. The highest BCUT2D eigenvalue weighted by atomic mass is 32.1. The second-order valence-electron chi connectivity index (χ2n) is 5.87. The molecular weight excluding hydrogens is 367 g/mol. The summed E-state index contributed by atoms with van der Waals surface area (Å²) in [6, 6.07) is 1.91. The fraction of sp³-hybridized carbons (Fsp3) is 0.312. The number of nitrogens with one attached hydrogen (secondary N) is 1. The highest BCUT2D eigenvalue weighted by molar-refractivity contribution is 7.80. The van der Waals surface area contributed by atoms with Gasteiger partial charge in [-0.05, 0) is 31.4 Å². The van der Waals surface area contributed by atoms with E-state index in [1.807, 2.05) is 0 Å². The van der Waals surface area contributed by atoms with Gasteiger partial charge in [-0.1, -0.05) is 0 Å². The van der Waals surface area contributed by atoms with E-state index in [1.54, 1.807) is 10.9 Å². The second kappa shape index (κ2) is 6.76. The SMILES string of the molecule is Fc1ccc(Nc2nc(S)nc3c2ncn3C2CCCCO2)c(F)c1F. The third-order valence-corrected chi connectivity index (χ3v) is 4.36. The lowest BCUT2D eigenvalue weighted by Gasteiger charge is -2.23. The number of halogens is 3. The van der Waals surface area contributed by atoms with Crippen LogP contribution in [0.4, 0.5) is 24.7 Å². The van der Waals surface area contributed by atoms with E-state index in [9.17, 15) is 13.2 Å². The minimum atomic E-state index is -1.56. The highest BCUT2D eigenvalue weighted by Gasteiger charge is 2.22. The Morgan fingerprint density at radius 1 is 1.15 bits per heavy atom. The topological polar surface area (TPSA) is 64.9 Å². The molecule has 1 aliphatic heterocycles. The molecule has 2 aromatic heterocycles. The van der Waals surface area contributed by atoms with Crippen molar-refractivity contribution in [2.45, 2.75) is 30.6 Å². The predicted octanol–water partition coefficient (Wildman–Crippen LogP) is 3.98. The molecule has 6 nitrogen and oxygen atoms in total. The van der Waals surface area contributed by atoms with Crippen LogP contribution >= 0.6 is 12.6 Å². The third-order valence-electron chi connectivity index (χ3n) is 4.16. The number of hydrogen-bond donors (Lipinski definition) is 2. The van der Waals surface area contributed by atoms with Crippen molar-refractivity contribution in [3.8, 4) is 0 Å². The van der Waals surface area contributed by atoms with Gasteiger partial charge in [0.25, 0.3) is 0 Å². The summed E-state index contributed by atoms with van der Waals surface area (Å²) in [7, 11) is 0. The van der Waals surface area contributed by atoms with Gasteiger partial charge in [-0.3, -0.25) is 4.57 Å². The number of fused-ring (bicyclic) bond motifs is 1. The van der Waals surface area contributed by atoms with Crippen LogP contribution in [0.5, 0.6) is 0 Å². The molecule has 0 radical (unpaired) electrons. The molecular formula is C16H14F3N5OS. The zero-order valence-electron chi connectivity index (χ0n) is 13.4. The largest absolute Gasteiger partial charge is 0.358 e. The van der Waals surface area contributed by atoms with Crippen LogP contribution in [0.25, 0.3) is 11.2 Å². The number of rotatable bonds is 3. The van der Waals surface area contributed by atoms with Crippen LogP contribution in [0.3, 0.4) is 0 Å². The van der Waals surface area contributed by atoms with E-state index < -0.39 is 17.5 Å². The van der Waals surface area contributed by atoms with E-state index in [2.05, 4.69) is 32.9 Å². The van der Waals surface area contributed by atoms with Gasteiger partial charge in [-0.25, -0.2) is 28.1 Å². The second-order valence-corrected chi connectivity index (χ2v) is 6.27. The predicted molar refractivity (Wildman–Crippen MR) is 91.0 cm³/mol. The van der Waals surface area contributed by atoms with Crippen LogP contribution in [0.1, 0.15) is 25.5 Å². The lowest BCUT2D eigenvalue weighted by molar-refractivity contribution is -0.0298. The van der Waals surface area contributed by atoms with Crippen molar-refractivity contribution in [3.05, 3.63) is 35.9 Å². The summed E-state index contributed by atoms with van der Waals surface area (Å²) >= 11 is 4.17. The first-order chi connectivity index (χ1) is 12.5. The minimum Gasteiger partial charge on any atom is -0.358 e. The number of imidazole rings is 1. The summed E-state index contributed by atoms with van der Waals surface area (Å²) < 4.78 is 48.0. The zero-order valence-corrected chi connectivity index (χ0v) is 14.3. The fourth-order valence-electron chi connectivity index (χ4n) is 2.90. The monoisotopic (exact) mass is 381 g/mol. The lowest BCUT2D eigenvalue weighted by Crippen LogP contribution is -2.17. The maximum atomic E-state index is 14.0. The van der Waals surface area contributed by atoms with Crippen LogP contribution in [0, 0.1) is 17.5 Å². The van der Waals surface area contributed by atoms with Crippen LogP contribution in [-0.4, -0.2) is 26.1 Å². The molecule has 136 valence electrons. The lowest BCUT2D eigenvalue weighted by atomic mass is 10.2. The smallest absolute Gasteiger partial charge is 0.196 e. The summed E-state index contributed by atoms with van der Waals surface area (Å²) in [5.74, 6) is -4.03. The van der Waals surface area contributed by atoms with Crippen LogP contribution < -0.4 is 5.32 Å². The van der Waals surface area contributed by atoms with Crippen molar-refractivity contribution in [1.82, 2.24) is 19.5 Å². The molecule has 3 aromatic rings. The van der Waals surface area contributed by atoms with Crippen LogP contribution in [0.15, 0.2) is 23.6 Å². The average Bonchev–Trinajstić information content (AvgIpc) is 3.07. The number of hydrogen-bond acceptors (Lipinski definition) is 6. The Kier molecular flexibility index (Phi) is 4.45. The Bertz CT molecular complexity index is 974. The van der Waals surface area contributed by atoms with Gasteiger partial charge in [0.2, 0.25) is 0 Å². The van der Waals surface area contributed by atoms with Crippen molar-refractivity contribution < 1.29 is 17.9 Å². The zero-order chi connectivity index (χ0) is 18.3. The molecule has 1 atom stereocenters. The third kappa shape index (κ3) is 2.99. The summed E-state index contributed by atoms with van der Waals surface area (Å²) in [5.41, 5.74) is 0.545. The number of thiol groups is 1. The Morgan fingerprint density at radius 2 is 2.00 bits per heavy atom. The van der Waals surface area contributed by atoms with E-state index in [0.29, 0.717) is 17.8 Å². The summed E-state index contributed by atoms with van der Waals surface area (Å²) in [6.07, 6.45) is 4.20. The van der Waals surface area contributed by atoms with Gasteiger partial charge in [0.15, 0.2) is 39.6 Å². The molecule has 10 heteroatoms. The Labute approximate surface area is 151 Å². The minimum absolute atomic E-state index is 0.126. The molecule has 1 saturated heterocycles. The molecule has 0 saturated carbocycles. The van der Waals surface area contributed by atoms with Crippen LogP contribution in [-0.2, 0) is 4.74 Å². The summed E-state index contributed by atoms with van der Waals surface area (Å²) in [4.78, 5) is 12.6. The first-order valence-electron chi connectivity index (χ1n) is 8.00. The summed E-state index contributed by atoms with van der Waals surface area (Å²) in [6.45, 7) is 0.647. The molecule has 3 heterocycles. The van der Waals surface area contributed by atoms with Gasteiger partial charge >= 0.3 is 0 Å². The molecule has 1 aromatic carbocycles. The molecule has 1 aliphatic rings. The molecule has 1 N–H and O–H groups in total. The van der Waals surface area contributed by atoms with Crippen molar-refractivity contribution in [3.63, 3.8) is 0 Å². The molecule has 0 spiro atoms. The summed E-state index contributed by atoms with van der Waals surface area (Å²) in [5, 5.41) is 2.77. The molecule has 1 fully saturated rings. The van der Waals surface area contributed by atoms with Gasteiger partial charge in [0.1, 0.15) is 6.23 Å². The van der Waals surface area contributed by atoms with Gasteiger partial charge in [-0.15, -0.1) is 12.6 Å². The number of aromatic nitrogens is 4. The number of benzene rings is 1. The van der Waals surface area contributed by atoms with E-state index in [-0.39, 0.29) is 22.9 Å². The van der Waals surface area contributed by atoms with Gasteiger partial charge < -0.3 is 10.1 Å². The number of ether oxygens (including phenoxy) is 1. The van der Waals surface area contributed by atoms with Crippen LogP contribution in [0.2, 0.25) is 0 Å². The van der Waals surface area contributed by atoms with E-state index in [4.69, 9.17) is 4.74 Å². The normalized spacial score (nSPS) is 17.6. The molecule has 0 amide bonds. The van der Waals surface area contributed by atoms with Crippen molar-refractivity contribution >= 4 is 35.3 Å². The maximum absolute atomic E-state index is 14.0. The van der Waals surface area contributed by atoms with E-state index in [0.717, 1.165) is 31.4 Å². The molecule has 1 unspecified atom stereocenters.